The van der Waals surface area contributed by atoms with Crippen molar-refractivity contribution in [2.75, 3.05) is 26.7 Å². The number of carbonyl (C=O) groups is 1. The van der Waals surface area contributed by atoms with E-state index >= 15 is 0 Å². The van der Waals surface area contributed by atoms with Crippen LogP contribution in [0.4, 0.5) is 0 Å². The van der Waals surface area contributed by atoms with Gasteiger partial charge < -0.3 is 5.32 Å². The van der Waals surface area contributed by atoms with Crippen molar-refractivity contribution in [1.82, 2.24) is 10.2 Å². The molecular formula is C10H18N2O. The molecule has 0 aliphatic carbocycles. The molecule has 0 unspecified atom stereocenters. The van der Waals surface area contributed by atoms with Crippen molar-refractivity contribution < 1.29 is 4.79 Å². The van der Waals surface area contributed by atoms with Crippen molar-refractivity contribution in [3.8, 4) is 12.3 Å². The zero-order chi connectivity index (χ0) is 10.1. The first kappa shape index (κ1) is 12.0. The van der Waals surface area contributed by atoms with E-state index in [0.717, 1.165) is 19.4 Å². The highest BCUT2D eigenvalue weighted by Gasteiger charge is 2.03. The van der Waals surface area contributed by atoms with Crippen LogP contribution in [0.25, 0.3) is 0 Å². The van der Waals surface area contributed by atoms with Gasteiger partial charge in [0.15, 0.2) is 0 Å². The van der Waals surface area contributed by atoms with E-state index in [1.54, 1.807) is 0 Å². The Hall–Kier alpha value is -1.01. The fourth-order valence-corrected chi connectivity index (χ4v) is 1.03. The number of nitrogens with one attached hydrogen (secondary N) is 1. The normalized spacial score (nSPS) is 9.69. The summed E-state index contributed by atoms with van der Waals surface area (Å²) >= 11 is 0. The summed E-state index contributed by atoms with van der Waals surface area (Å²) in [6, 6.07) is 0. The highest BCUT2D eigenvalue weighted by atomic mass is 16.1. The summed E-state index contributed by atoms with van der Waals surface area (Å²) in [5, 5.41) is 2.75. The molecule has 74 valence electrons. The van der Waals surface area contributed by atoms with E-state index in [2.05, 4.69) is 11.2 Å². The van der Waals surface area contributed by atoms with E-state index in [-0.39, 0.29) is 5.91 Å². The summed E-state index contributed by atoms with van der Waals surface area (Å²) in [6.45, 7) is 3.94. The molecule has 0 aromatic heterocycles. The van der Waals surface area contributed by atoms with Crippen LogP contribution in [0, 0.1) is 12.3 Å². The molecule has 0 aliphatic heterocycles. The number of carbonyl (C=O) groups excluding carboxylic acids is 1. The van der Waals surface area contributed by atoms with Gasteiger partial charge in [-0.25, -0.2) is 0 Å². The van der Waals surface area contributed by atoms with Crippen LogP contribution in [0.5, 0.6) is 0 Å². The van der Waals surface area contributed by atoms with E-state index < -0.39 is 0 Å². The first-order valence-electron chi connectivity index (χ1n) is 4.59. The van der Waals surface area contributed by atoms with E-state index in [4.69, 9.17) is 6.42 Å². The second-order valence-electron chi connectivity index (χ2n) is 3.00. The first-order valence-corrected chi connectivity index (χ1v) is 4.59. The van der Waals surface area contributed by atoms with Gasteiger partial charge in [-0.3, -0.25) is 9.69 Å². The number of likely N-dealkylation sites (N-methyl/N-ethyl adjacent to an activating group) is 2. The third-order valence-electron chi connectivity index (χ3n) is 1.65. The SMILES string of the molecule is C#CCCCN(C)CC(=O)NCC. The number of unbranched alkanes of at least 4 members (excludes halogenated alkanes) is 1. The molecule has 0 spiro atoms. The van der Waals surface area contributed by atoms with Crippen molar-refractivity contribution in [3.05, 3.63) is 0 Å². The molecule has 13 heavy (non-hydrogen) atoms. The average molecular weight is 182 g/mol. The van der Waals surface area contributed by atoms with Crippen molar-refractivity contribution in [1.29, 1.82) is 0 Å². The minimum Gasteiger partial charge on any atom is -0.355 e. The van der Waals surface area contributed by atoms with Gasteiger partial charge in [-0.05, 0) is 26.9 Å². The van der Waals surface area contributed by atoms with Gasteiger partial charge in [-0.2, -0.15) is 0 Å². The number of nitrogens with zero attached hydrogens (tertiary/aromatic N) is 1. The van der Waals surface area contributed by atoms with Crippen LogP contribution in [0.3, 0.4) is 0 Å². The lowest BCUT2D eigenvalue weighted by Gasteiger charge is -2.14. The summed E-state index contributed by atoms with van der Waals surface area (Å²) in [4.78, 5) is 13.1. The number of rotatable bonds is 6. The third kappa shape index (κ3) is 7.35. The maximum atomic E-state index is 11.1. The van der Waals surface area contributed by atoms with Gasteiger partial charge in [0, 0.05) is 13.0 Å². The third-order valence-corrected chi connectivity index (χ3v) is 1.65. The summed E-state index contributed by atoms with van der Waals surface area (Å²) in [6.07, 6.45) is 6.84. The summed E-state index contributed by atoms with van der Waals surface area (Å²) in [7, 11) is 1.92. The molecule has 0 fully saturated rings. The van der Waals surface area contributed by atoms with Gasteiger partial charge in [0.05, 0.1) is 6.54 Å². The highest BCUT2D eigenvalue weighted by Crippen LogP contribution is 1.90. The second-order valence-corrected chi connectivity index (χ2v) is 3.00. The molecule has 0 saturated heterocycles. The fraction of sp³-hybridized carbons (Fsp3) is 0.700. The van der Waals surface area contributed by atoms with Gasteiger partial charge in [0.25, 0.3) is 0 Å². The Labute approximate surface area is 80.5 Å². The quantitative estimate of drug-likeness (QED) is 0.478. The Kier molecular flexibility index (Phi) is 7.04. The van der Waals surface area contributed by atoms with Gasteiger partial charge in [0.1, 0.15) is 0 Å². The number of hydrogen-bond acceptors (Lipinski definition) is 2. The molecule has 0 aromatic rings. The molecule has 0 rings (SSSR count). The standard InChI is InChI=1S/C10H18N2O/c1-4-6-7-8-12(3)9-10(13)11-5-2/h1H,5-9H2,2-3H3,(H,11,13). The van der Waals surface area contributed by atoms with Crippen LogP contribution in [-0.2, 0) is 4.79 Å². The zero-order valence-corrected chi connectivity index (χ0v) is 8.47. The highest BCUT2D eigenvalue weighted by molar-refractivity contribution is 5.77. The van der Waals surface area contributed by atoms with Crippen LogP contribution < -0.4 is 5.32 Å². The molecule has 0 bridgehead atoms. The lowest BCUT2D eigenvalue weighted by molar-refractivity contribution is -0.121. The van der Waals surface area contributed by atoms with Crippen molar-refractivity contribution in [3.63, 3.8) is 0 Å². The smallest absolute Gasteiger partial charge is 0.234 e. The lowest BCUT2D eigenvalue weighted by atomic mass is 10.3. The molecular weight excluding hydrogens is 164 g/mol. The van der Waals surface area contributed by atoms with Crippen LogP contribution in [-0.4, -0.2) is 37.5 Å². The Bertz CT molecular complexity index is 184. The monoisotopic (exact) mass is 182 g/mol. The number of hydrogen-bond donors (Lipinski definition) is 1. The predicted molar refractivity (Wildman–Crippen MR) is 54.2 cm³/mol. The zero-order valence-electron chi connectivity index (χ0n) is 8.47. The lowest BCUT2D eigenvalue weighted by Crippen LogP contribution is -2.35. The van der Waals surface area contributed by atoms with E-state index in [0.29, 0.717) is 13.1 Å². The maximum Gasteiger partial charge on any atom is 0.234 e. The van der Waals surface area contributed by atoms with Gasteiger partial charge in [0.2, 0.25) is 5.91 Å². The Balaban J connectivity index is 3.44. The maximum absolute atomic E-state index is 11.1. The Morgan fingerprint density at radius 3 is 2.85 bits per heavy atom. The predicted octanol–water partition coefficient (Wildman–Crippen LogP) is 0.468. The summed E-state index contributed by atoms with van der Waals surface area (Å²) in [5.74, 6) is 2.65. The molecule has 3 nitrogen and oxygen atoms in total. The molecule has 0 heterocycles. The molecule has 3 heteroatoms. The Morgan fingerprint density at radius 1 is 1.62 bits per heavy atom. The van der Waals surface area contributed by atoms with E-state index in [9.17, 15) is 4.79 Å². The van der Waals surface area contributed by atoms with Crippen LogP contribution in [0.2, 0.25) is 0 Å². The minimum atomic E-state index is 0.0747. The number of terminal acetylenes is 1. The molecule has 1 N–H and O–H groups in total. The van der Waals surface area contributed by atoms with Gasteiger partial charge >= 0.3 is 0 Å². The molecule has 0 saturated carbocycles. The van der Waals surface area contributed by atoms with Crippen LogP contribution in [0.15, 0.2) is 0 Å². The topological polar surface area (TPSA) is 32.3 Å². The van der Waals surface area contributed by atoms with E-state index in [1.807, 2.05) is 18.9 Å². The van der Waals surface area contributed by atoms with Crippen molar-refractivity contribution >= 4 is 5.91 Å². The molecule has 0 atom stereocenters. The van der Waals surface area contributed by atoms with Crippen molar-refractivity contribution in [2.24, 2.45) is 0 Å². The molecule has 0 aromatic carbocycles. The largest absolute Gasteiger partial charge is 0.355 e. The van der Waals surface area contributed by atoms with Crippen LogP contribution in [0.1, 0.15) is 19.8 Å². The fourth-order valence-electron chi connectivity index (χ4n) is 1.03. The first-order chi connectivity index (χ1) is 6.20. The summed E-state index contributed by atoms with van der Waals surface area (Å²) < 4.78 is 0. The summed E-state index contributed by atoms with van der Waals surface area (Å²) in [5.41, 5.74) is 0. The Morgan fingerprint density at radius 2 is 2.31 bits per heavy atom. The minimum absolute atomic E-state index is 0.0747. The molecule has 1 amide bonds. The second kappa shape index (κ2) is 7.63. The van der Waals surface area contributed by atoms with Gasteiger partial charge in [-0.15, -0.1) is 12.3 Å². The van der Waals surface area contributed by atoms with Crippen molar-refractivity contribution in [2.45, 2.75) is 19.8 Å². The van der Waals surface area contributed by atoms with E-state index in [1.165, 1.54) is 0 Å². The average Bonchev–Trinajstić information content (AvgIpc) is 2.05. The molecule has 0 radical (unpaired) electrons. The number of amides is 1. The van der Waals surface area contributed by atoms with Crippen LogP contribution >= 0.6 is 0 Å². The molecule has 0 aliphatic rings. The van der Waals surface area contributed by atoms with Gasteiger partial charge in [-0.1, -0.05) is 0 Å².